The van der Waals surface area contributed by atoms with Gasteiger partial charge in [-0.25, -0.2) is 9.97 Å². The van der Waals surface area contributed by atoms with Gasteiger partial charge in [-0.3, -0.25) is 4.79 Å². The molecule has 0 unspecified atom stereocenters. The minimum Gasteiger partial charge on any atom is -0.361 e. The molecule has 0 atom stereocenters. The Hall–Kier alpha value is -1.95. The van der Waals surface area contributed by atoms with Gasteiger partial charge in [-0.2, -0.15) is 0 Å². The summed E-state index contributed by atoms with van der Waals surface area (Å²) in [6.07, 6.45) is 1.47. The van der Waals surface area contributed by atoms with Gasteiger partial charge in [0.25, 0.3) is 0 Å². The highest BCUT2D eigenvalue weighted by Crippen LogP contribution is 2.19. The Morgan fingerprint density at radius 3 is 2.75 bits per heavy atom. The van der Waals surface area contributed by atoms with Crippen molar-refractivity contribution >= 4 is 33.3 Å². The normalized spacial score (nSPS) is 10.2. The number of carbonyl (C=O) groups is 1. The van der Waals surface area contributed by atoms with E-state index in [0.29, 0.717) is 5.82 Å². The van der Waals surface area contributed by atoms with E-state index in [4.69, 9.17) is 0 Å². The average molecular weight is 335 g/mol. The van der Waals surface area contributed by atoms with Gasteiger partial charge in [-0.15, -0.1) is 0 Å². The molecule has 1 amide bonds. The van der Waals surface area contributed by atoms with Crippen LogP contribution in [-0.4, -0.2) is 22.4 Å². The topological polar surface area (TPSA) is 66.9 Å². The zero-order valence-corrected chi connectivity index (χ0v) is 12.9. The van der Waals surface area contributed by atoms with E-state index in [2.05, 4.69) is 36.5 Å². The molecule has 0 spiro atoms. The first-order valence-corrected chi connectivity index (χ1v) is 6.92. The SMILES string of the molecule is Cc1cc(NCC(=O)Nc2ccc(Br)c(C)c2)ncn1. The number of rotatable bonds is 4. The van der Waals surface area contributed by atoms with Gasteiger partial charge in [0.05, 0.1) is 6.54 Å². The average Bonchev–Trinajstić information content (AvgIpc) is 2.41. The second-order valence-electron chi connectivity index (χ2n) is 4.41. The summed E-state index contributed by atoms with van der Waals surface area (Å²) in [5, 5.41) is 5.79. The van der Waals surface area contributed by atoms with Crippen LogP contribution in [0.25, 0.3) is 0 Å². The van der Waals surface area contributed by atoms with E-state index < -0.39 is 0 Å². The maximum Gasteiger partial charge on any atom is 0.243 e. The van der Waals surface area contributed by atoms with Crippen molar-refractivity contribution in [3.8, 4) is 0 Å². The van der Waals surface area contributed by atoms with Gasteiger partial charge in [-0.05, 0) is 37.6 Å². The number of nitrogens with zero attached hydrogens (tertiary/aromatic N) is 2. The standard InChI is InChI=1S/C14H15BrN4O/c1-9-5-11(3-4-12(9)15)19-14(20)7-16-13-6-10(2)17-8-18-13/h3-6,8H,7H2,1-2H3,(H,19,20)(H,16,17,18). The van der Waals surface area contributed by atoms with Crippen molar-refractivity contribution in [2.24, 2.45) is 0 Å². The minimum absolute atomic E-state index is 0.122. The molecule has 0 aliphatic rings. The van der Waals surface area contributed by atoms with Crippen molar-refractivity contribution in [2.75, 3.05) is 17.2 Å². The Morgan fingerprint density at radius 2 is 2.05 bits per heavy atom. The van der Waals surface area contributed by atoms with Crippen LogP contribution >= 0.6 is 15.9 Å². The van der Waals surface area contributed by atoms with Crippen LogP contribution in [0.5, 0.6) is 0 Å². The fourth-order valence-corrected chi connectivity index (χ4v) is 1.90. The Morgan fingerprint density at radius 1 is 1.25 bits per heavy atom. The molecule has 2 rings (SSSR count). The van der Waals surface area contributed by atoms with Crippen LogP contribution in [0.15, 0.2) is 35.1 Å². The first kappa shape index (κ1) is 14.5. The molecule has 0 aliphatic heterocycles. The molecule has 2 aromatic rings. The van der Waals surface area contributed by atoms with Crippen LogP contribution < -0.4 is 10.6 Å². The predicted octanol–water partition coefficient (Wildman–Crippen LogP) is 2.91. The van der Waals surface area contributed by atoms with Gasteiger partial charge in [0, 0.05) is 21.9 Å². The van der Waals surface area contributed by atoms with E-state index in [1.807, 2.05) is 32.0 Å². The summed E-state index contributed by atoms with van der Waals surface area (Å²) in [5.41, 5.74) is 2.70. The molecule has 0 radical (unpaired) electrons. The maximum absolute atomic E-state index is 11.8. The Kier molecular flexibility index (Phi) is 4.68. The minimum atomic E-state index is -0.122. The first-order chi connectivity index (χ1) is 9.54. The van der Waals surface area contributed by atoms with Gasteiger partial charge >= 0.3 is 0 Å². The zero-order chi connectivity index (χ0) is 14.5. The number of hydrogen-bond acceptors (Lipinski definition) is 4. The number of aryl methyl sites for hydroxylation is 2. The number of amides is 1. The third-order valence-electron chi connectivity index (χ3n) is 2.68. The van der Waals surface area contributed by atoms with Crippen molar-refractivity contribution in [1.82, 2.24) is 9.97 Å². The van der Waals surface area contributed by atoms with Crippen molar-refractivity contribution in [1.29, 1.82) is 0 Å². The second kappa shape index (κ2) is 6.47. The lowest BCUT2D eigenvalue weighted by Crippen LogP contribution is -2.22. The molecule has 2 N–H and O–H groups in total. The van der Waals surface area contributed by atoms with E-state index in [0.717, 1.165) is 21.4 Å². The second-order valence-corrected chi connectivity index (χ2v) is 5.26. The molecule has 0 saturated heterocycles. The van der Waals surface area contributed by atoms with Crippen LogP contribution in [0.1, 0.15) is 11.3 Å². The van der Waals surface area contributed by atoms with Gasteiger partial charge in [0.15, 0.2) is 0 Å². The number of hydrogen-bond donors (Lipinski definition) is 2. The quantitative estimate of drug-likeness (QED) is 0.902. The molecule has 0 aliphatic carbocycles. The highest BCUT2D eigenvalue weighted by atomic mass is 79.9. The van der Waals surface area contributed by atoms with Crippen molar-refractivity contribution < 1.29 is 4.79 Å². The van der Waals surface area contributed by atoms with Crippen LogP contribution in [0.2, 0.25) is 0 Å². The van der Waals surface area contributed by atoms with E-state index in [9.17, 15) is 4.79 Å². The Bertz CT molecular complexity index is 630. The Balaban J connectivity index is 1.91. The molecule has 1 heterocycles. The molecular weight excluding hydrogens is 320 g/mol. The third-order valence-corrected chi connectivity index (χ3v) is 3.57. The highest BCUT2D eigenvalue weighted by molar-refractivity contribution is 9.10. The lowest BCUT2D eigenvalue weighted by molar-refractivity contribution is -0.114. The van der Waals surface area contributed by atoms with Crippen molar-refractivity contribution in [3.63, 3.8) is 0 Å². The number of halogens is 1. The summed E-state index contributed by atoms with van der Waals surface area (Å²) in [5.74, 6) is 0.516. The van der Waals surface area contributed by atoms with E-state index >= 15 is 0 Å². The van der Waals surface area contributed by atoms with E-state index in [1.165, 1.54) is 6.33 Å². The zero-order valence-electron chi connectivity index (χ0n) is 11.3. The number of carbonyl (C=O) groups excluding carboxylic acids is 1. The first-order valence-electron chi connectivity index (χ1n) is 6.13. The van der Waals surface area contributed by atoms with Crippen LogP contribution in [0, 0.1) is 13.8 Å². The molecular formula is C14H15BrN4O. The van der Waals surface area contributed by atoms with Crippen molar-refractivity contribution in [2.45, 2.75) is 13.8 Å². The maximum atomic E-state index is 11.8. The summed E-state index contributed by atoms with van der Waals surface area (Å²) in [4.78, 5) is 19.9. The third kappa shape index (κ3) is 4.03. The molecule has 20 heavy (non-hydrogen) atoms. The summed E-state index contributed by atoms with van der Waals surface area (Å²) in [7, 11) is 0. The molecule has 1 aromatic carbocycles. The van der Waals surface area contributed by atoms with Crippen LogP contribution in [-0.2, 0) is 4.79 Å². The Labute approximate surface area is 126 Å². The summed E-state index contributed by atoms with van der Waals surface area (Å²) >= 11 is 3.42. The number of nitrogens with one attached hydrogen (secondary N) is 2. The van der Waals surface area contributed by atoms with Gasteiger partial charge in [0.2, 0.25) is 5.91 Å². The molecule has 0 saturated carbocycles. The van der Waals surface area contributed by atoms with Gasteiger partial charge < -0.3 is 10.6 Å². The molecule has 0 fully saturated rings. The van der Waals surface area contributed by atoms with Crippen LogP contribution in [0.3, 0.4) is 0 Å². The molecule has 0 bridgehead atoms. The predicted molar refractivity (Wildman–Crippen MR) is 82.8 cm³/mol. The smallest absolute Gasteiger partial charge is 0.243 e. The van der Waals surface area contributed by atoms with E-state index in [-0.39, 0.29) is 12.5 Å². The van der Waals surface area contributed by atoms with Crippen LogP contribution in [0.4, 0.5) is 11.5 Å². The lowest BCUT2D eigenvalue weighted by Gasteiger charge is -2.08. The van der Waals surface area contributed by atoms with Gasteiger partial charge in [-0.1, -0.05) is 15.9 Å². The largest absolute Gasteiger partial charge is 0.361 e. The van der Waals surface area contributed by atoms with E-state index in [1.54, 1.807) is 6.07 Å². The number of aromatic nitrogens is 2. The molecule has 5 nitrogen and oxygen atoms in total. The monoisotopic (exact) mass is 334 g/mol. The number of benzene rings is 1. The van der Waals surface area contributed by atoms with Crippen molar-refractivity contribution in [3.05, 3.63) is 46.3 Å². The molecule has 104 valence electrons. The summed E-state index contributed by atoms with van der Waals surface area (Å²) in [6, 6.07) is 7.46. The lowest BCUT2D eigenvalue weighted by atomic mass is 10.2. The number of anilines is 2. The highest BCUT2D eigenvalue weighted by Gasteiger charge is 2.04. The summed E-state index contributed by atoms with van der Waals surface area (Å²) in [6.45, 7) is 4.00. The van der Waals surface area contributed by atoms with Gasteiger partial charge in [0.1, 0.15) is 12.1 Å². The fraction of sp³-hybridized carbons (Fsp3) is 0.214. The summed E-state index contributed by atoms with van der Waals surface area (Å²) < 4.78 is 1.02. The molecule has 1 aromatic heterocycles. The molecule has 6 heteroatoms. The fourth-order valence-electron chi connectivity index (χ4n) is 1.65.